The predicted molar refractivity (Wildman–Crippen MR) is 67.1 cm³/mol. The minimum atomic E-state index is -1.35. The van der Waals surface area contributed by atoms with E-state index in [1.165, 1.54) is 6.92 Å². The Bertz CT molecular complexity index is 551. The summed E-state index contributed by atoms with van der Waals surface area (Å²) in [6.45, 7) is 1.28. The molecule has 0 amide bonds. The number of fused-ring (bicyclic) bond motifs is 1. The van der Waals surface area contributed by atoms with E-state index in [0.29, 0.717) is 0 Å². The summed E-state index contributed by atoms with van der Waals surface area (Å²) in [4.78, 5) is 14.1. The van der Waals surface area contributed by atoms with Gasteiger partial charge in [-0.15, -0.1) is 0 Å². The number of halogens is 1. The Morgan fingerprint density at radius 3 is 2.89 bits per heavy atom. The number of H-pyrrole nitrogens is 1. The first kappa shape index (κ1) is 12.6. The Morgan fingerprint density at radius 2 is 2.22 bits per heavy atom. The zero-order valence-electron chi connectivity index (χ0n) is 9.98. The van der Waals surface area contributed by atoms with Crippen molar-refractivity contribution in [3.8, 4) is 0 Å². The standard InChI is InChI=1S/C13H15FN2O2/c1-8(14)16-12(13(17)18)6-9-7-15-11-5-3-2-4-10(9)11/h2-5,7-8,12,15-16H,6H2,1H3,(H,17,18)/t8?,12-/m0/s1. The summed E-state index contributed by atoms with van der Waals surface area (Å²) in [5, 5.41) is 12.4. The number of aromatic nitrogens is 1. The summed E-state index contributed by atoms with van der Waals surface area (Å²) in [5.41, 5.74) is 1.82. The number of benzene rings is 1. The number of carboxylic acid groups (broad SMARTS) is 1. The van der Waals surface area contributed by atoms with Crippen molar-refractivity contribution in [3.05, 3.63) is 36.0 Å². The van der Waals surface area contributed by atoms with Gasteiger partial charge in [-0.25, -0.2) is 4.39 Å². The third kappa shape index (κ3) is 2.68. The van der Waals surface area contributed by atoms with Crippen LogP contribution >= 0.6 is 0 Å². The van der Waals surface area contributed by atoms with Crippen molar-refractivity contribution in [2.75, 3.05) is 0 Å². The molecule has 2 rings (SSSR count). The highest BCUT2D eigenvalue weighted by Gasteiger charge is 2.21. The minimum Gasteiger partial charge on any atom is -0.480 e. The van der Waals surface area contributed by atoms with Crippen LogP contribution in [-0.4, -0.2) is 28.4 Å². The summed E-state index contributed by atoms with van der Waals surface area (Å²) in [5.74, 6) is -1.05. The van der Waals surface area contributed by atoms with Gasteiger partial charge in [-0.3, -0.25) is 10.1 Å². The number of aliphatic carboxylic acids is 1. The highest BCUT2D eigenvalue weighted by Crippen LogP contribution is 2.19. The molecule has 0 radical (unpaired) electrons. The number of hydrogen-bond acceptors (Lipinski definition) is 2. The summed E-state index contributed by atoms with van der Waals surface area (Å²) in [7, 11) is 0. The van der Waals surface area contributed by atoms with Crippen LogP contribution in [0.25, 0.3) is 10.9 Å². The molecular weight excluding hydrogens is 235 g/mol. The molecule has 3 N–H and O–H groups in total. The van der Waals surface area contributed by atoms with Crippen LogP contribution in [0.3, 0.4) is 0 Å². The molecule has 5 heteroatoms. The molecule has 18 heavy (non-hydrogen) atoms. The maximum absolute atomic E-state index is 12.9. The Morgan fingerprint density at radius 1 is 1.50 bits per heavy atom. The van der Waals surface area contributed by atoms with Crippen LogP contribution in [0.15, 0.2) is 30.5 Å². The normalized spacial score (nSPS) is 14.6. The number of para-hydroxylation sites is 1. The Labute approximate surface area is 104 Å². The minimum absolute atomic E-state index is 0.244. The van der Waals surface area contributed by atoms with Gasteiger partial charge in [0.15, 0.2) is 0 Å². The molecule has 1 aromatic heterocycles. The SMILES string of the molecule is CC(F)N[C@@H](Cc1c[nH]c2ccccc12)C(=O)O. The van der Waals surface area contributed by atoms with Crippen molar-refractivity contribution in [1.29, 1.82) is 0 Å². The van der Waals surface area contributed by atoms with Gasteiger partial charge in [-0.05, 0) is 18.6 Å². The maximum atomic E-state index is 12.9. The van der Waals surface area contributed by atoms with Gasteiger partial charge < -0.3 is 10.1 Å². The zero-order chi connectivity index (χ0) is 13.1. The van der Waals surface area contributed by atoms with E-state index >= 15 is 0 Å². The molecule has 0 saturated heterocycles. The second-order valence-corrected chi connectivity index (χ2v) is 4.24. The highest BCUT2D eigenvalue weighted by molar-refractivity contribution is 5.84. The number of aromatic amines is 1. The summed E-state index contributed by atoms with van der Waals surface area (Å²) in [6.07, 6.45) is 0.662. The van der Waals surface area contributed by atoms with Gasteiger partial charge in [0.05, 0.1) is 0 Å². The van der Waals surface area contributed by atoms with E-state index in [4.69, 9.17) is 5.11 Å². The molecular formula is C13H15FN2O2. The molecule has 2 atom stereocenters. The molecule has 96 valence electrons. The number of carboxylic acids is 1. The van der Waals surface area contributed by atoms with Crippen LogP contribution in [-0.2, 0) is 11.2 Å². The Kier molecular flexibility index (Phi) is 3.62. The Hall–Kier alpha value is -1.88. The van der Waals surface area contributed by atoms with Crippen molar-refractivity contribution in [2.45, 2.75) is 25.7 Å². The largest absolute Gasteiger partial charge is 0.480 e. The van der Waals surface area contributed by atoms with Gasteiger partial charge in [0.25, 0.3) is 0 Å². The molecule has 0 bridgehead atoms. The first-order valence-electron chi connectivity index (χ1n) is 5.76. The quantitative estimate of drug-likeness (QED) is 0.712. The third-order valence-electron chi connectivity index (χ3n) is 2.83. The fourth-order valence-corrected chi connectivity index (χ4v) is 2.02. The molecule has 1 aromatic carbocycles. The lowest BCUT2D eigenvalue weighted by atomic mass is 10.1. The first-order chi connectivity index (χ1) is 8.58. The predicted octanol–water partition coefficient (Wildman–Crippen LogP) is 2.07. The van der Waals surface area contributed by atoms with Crippen LogP contribution in [0.4, 0.5) is 4.39 Å². The van der Waals surface area contributed by atoms with E-state index < -0.39 is 18.3 Å². The van der Waals surface area contributed by atoms with Gasteiger partial charge in [0, 0.05) is 23.5 Å². The van der Waals surface area contributed by atoms with Crippen LogP contribution < -0.4 is 5.32 Å². The van der Waals surface area contributed by atoms with E-state index in [9.17, 15) is 9.18 Å². The molecule has 4 nitrogen and oxygen atoms in total. The monoisotopic (exact) mass is 250 g/mol. The number of hydrogen-bond donors (Lipinski definition) is 3. The van der Waals surface area contributed by atoms with Crippen molar-refractivity contribution in [3.63, 3.8) is 0 Å². The lowest BCUT2D eigenvalue weighted by Gasteiger charge is -2.14. The van der Waals surface area contributed by atoms with E-state index in [1.54, 1.807) is 6.20 Å². The van der Waals surface area contributed by atoms with Crippen LogP contribution in [0.2, 0.25) is 0 Å². The van der Waals surface area contributed by atoms with Gasteiger partial charge >= 0.3 is 5.97 Å². The molecule has 2 aromatic rings. The molecule has 1 unspecified atom stereocenters. The molecule has 0 aliphatic heterocycles. The van der Waals surface area contributed by atoms with Crippen molar-refractivity contribution in [2.24, 2.45) is 0 Å². The smallest absolute Gasteiger partial charge is 0.321 e. The van der Waals surface area contributed by atoms with Crippen molar-refractivity contribution >= 4 is 16.9 Å². The van der Waals surface area contributed by atoms with Crippen LogP contribution in [0, 0.1) is 0 Å². The van der Waals surface area contributed by atoms with Crippen molar-refractivity contribution in [1.82, 2.24) is 10.3 Å². The average Bonchev–Trinajstić information content (AvgIpc) is 2.71. The molecule has 0 spiro atoms. The van der Waals surface area contributed by atoms with E-state index in [-0.39, 0.29) is 6.42 Å². The third-order valence-corrected chi connectivity index (χ3v) is 2.83. The van der Waals surface area contributed by atoms with E-state index in [0.717, 1.165) is 16.5 Å². The molecule has 1 heterocycles. The second-order valence-electron chi connectivity index (χ2n) is 4.24. The average molecular weight is 250 g/mol. The van der Waals surface area contributed by atoms with Gasteiger partial charge in [0.1, 0.15) is 12.3 Å². The lowest BCUT2D eigenvalue weighted by molar-refractivity contribution is -0.140. The molecule has 0 aliphatic carbocycles. The van der Waals surface area contributed by atoms with Crippen LogP contribution in [0.5, 0.6) is 0 Å². The van der Waals surface area contributed by atoms with Gasteiger partial charge in [0.2, 0.25) is 0 Å². The molecule has 0 saturated carbocycles. The lowest BCUT2D eigenvalue weighted by Crippen LogP contribution is -2.41. The summed E-state index contributed by atoms with van der Waals surface area (Å²) < 4.78 is 12.9. The maximum Gasteiger partial charge on any atom is 0.321 e. The fourth-order valence-electron chi connectivity index (χ4n) is 2.02. The van der Waals surface area contributed by atoms with E-state index in [1.807, 2.05) is 24.3 Å². The molecule has 0 aliphatic rings. The molecule has 0 fully saturated rings. The number of nitrogens with one attached hydrogen (secondary N) is 2. The number of carbonyl (C=O) groups is 1. The second kappa shape index (κ2) is 5.18. The zero-order valence-corrected chi connectivity index (χ0v) is 9.98. The Balaban J connectivity index is 2.23. The fraction of sp³-hybridized carbons (Fsp3) is 0.308. The highest BCUT2D eigenvalue weighted by atomic mass is 19.1. The first-order valence-corrected chi connectivity index (χ1v) is 5.76. The van der Waals surface area contributed by atoms with Crippen molar-refractivity contribution < 1.29 is 14.3 Å². The summed E-state index contributed by atoms with van der Waals surface area (Å²) >= 11 is 0. The number of alkyl halides is 1. The van der Waals surface area contributed by atoms with Crippen LogP contribution in [0.1, 0.15) is 12.5 Å². The van der Waals surface area contributed by atoms with Gasteiger partial charge in [-0.2, -0.15) is 0 Å². The van der Waals surface area contributed by atoms with E-state index in [2.05, 4.69) is 10.3 Å². The topological polar surface area (TPSA) is 65.1 Å². The summed E-state index contributed by atoms with van der Waals surface area (Å²) in [6, 6.07) is 6.70. The van der Waals surface area contributed by atoms with Gasteiger partial charge in [-0.1, -0.05) is 18.2 Å². The number of rotatable bonds is 5.